The van der Waals surface area contributed by atoms with Gasteiger partial charge in [0.1, 0.15) is 12.1 Å². The van der Waals surface area contributed by atoms with Crippen molar-refractivity contribution < 1.29 is 14.4 Å². The lowest BCUT2D eigenvalue weighted by molar-refractivity contribution is -0.137. The standard InChI is InChI=1S/C25H35ClN4O3/c1-17-12-24(2,3)16-25(13-17)22(32)30(23(33)28-25)15-21(31)27-20-8-10-29(11-9-20)14-18-4-6-19(26)7-5-18/h4-7,17,20H,8-16H2,1-3H3,(H,27,31)(H,28,33). The van der Waals surface area contributed by atoms with Gasteiger partial charge in [-0.1, -0.05) is 44.5 Å². The fraction of sp³-hybridized carbons (Fsp3) is 0.640. The van der Waals surface area contributed by atoms with Gasteiger partial charge in [-0.05, 0) is 61.1 Å². The number of nitrogens with one attached hydrogen (secondary N) is 2. The van der Waals surface area contributed by atoms with Crippen LogP contribution in [-0.4, -0.2) is 58.9 Å². The summed E-state index contributed by atoms with van der Waals surface area (Å²) >= 11 is 5.96. The molecule has 2 atom stereocenters. The van der Waals surface area contributed by atoms with Gasteiger partial charge >= 0.3 is 6.03 Å². The summed E-state index contributed by atoms with van der Waals surface area (Å²) in [6.07, 6.45) is 3.95. The van der Waals surface area contributed by atoms with E-state index in [0.717, 1.165) is 48.8 Å². The molecular formula is C25H35ClN4O3. The molecule has 8 heteroatoms. The Morgan fingerprint density at radius 2 is 1.82 bits per heavy atom. The average Bonchev–Trinajstić information content (AvgIpc) is 2.93. The molecule has 1 aromatic carbocycles. The Bertz CT molecular complexity index is 911. The largest absolute Gasteiger partial charge is 0.352 e. The Morgan fingerprint density at radius 1 is 1.15 bits per heavy atom. The van der Waals surface area contributed by atoms with Crippen LogP contribution in [0.15, 0.2) is 24.3 Å². The predicted octanol–water partition coefficient (Wildman–Crippen LogP) is 3.56. The number of benzene rings is 1. The summed E-state index contributed by atoms with van der Waals surface area (Å²) in [5, 5.41) is 6.71. The number of carbonyl (C=O) groups is 3. The number of urea groups is 1. The minimum atomic E-state index is -0.870. The summed E-state index contributed by atoms with van der Waals surface area (Å²) in [4.78, 5) is 42.1. The highest BCUT2D eigenvalue weighted by molar-refractivity contribution is 6.30. The molecule has 3 aliphatic rings. The quantitative estimate of drug-likeness (QED) is 0.639. The highest BCUT2D eigenvalue weighted by Crippen LogP contribution is 2.46. The van der Waals surface area contributed by atoms with Gasteiger partial charge in [-0.15, -0.1) is 0 Å². The Labute approximate surface area is 201 Å². The Hall–Kier alpha value is -2.12. The van der Waals surface area contributed by atoms with Crippen molar-refractivity contribution in [2.75, 3.05) is 19.6 Å². The van der Waals surface area contributed by atoms with E-state index < -0.39 is 11.6 Å². The van der Waals surface area contributed by atoms with Crippen molar-refractivity contribution >= 4 is 29.4 Å². The molecule has 2 N–H and O–H groups in total. The van der Waals surface area contributed by atoms with E-state index in [0.29, 0.717) is 18.8 Å². The van der Waals surface area contributed by atoms with Crippen molar-refractivity contribution in [1.29, 1.82) is 0 Å². The number of rotatable bonds is 5. The van der Waals surface area contributed by atoms with Gasteiger partial charge in [0, 0.05) is 30.7 Å². The third-order valence-electron chi connectivity index (χ3n) is 7.20. The summed E-state index contributed by atoms with van der Waals surface area (Å²) in [6.45, 7) is 8.80. The second-order valence-corrected chi connectivity index (χ2v) is 11.4. The Kier molecular flexibility index (Phi) is 6.74. The summed E-state index contributed by atoms with van der Waals surface area (Å²) in [7, 11) is 0. The SMILES string of the molecule is CC1CC(C)(C)CC2(C1)NC(=O)N(CC(=O)NC1CCN(Cc3ccc(Cl)cc3)CC1)C2=O. The fourth-order valence-electron chi connectivity index (χ4n) is 6.15. The minimum Gasteiger partial charge on any atom is -0.352 e. The van der Waals surface area contributed by atoms with Gasteiger partial charge in [-0.25, -0.2) is 4.79 Å². The molecule has 7 nitrogen and oxygen atoms in total. The molecule has 0 aromatic heterocycles. The zero-order valence-electron chi connectivity index (χ0n) is 19.8. The zero-order valence-corrected chi connectivity index (χ0v) is 20.6. The number of hydrogen-bond acceptors (Lipinski definition) is 4. The van der Waals surface area contributed by atoms with Crippen molar-refractivity contribution in [2.45, 2.75) is 71.0 Å². The molecule has 1 saturated carbocycles. The molecule has 3 fully saturated rings. The lowest BCUT2D eigenvalue weighted by Gasteiger charge is -2.43. The molecule has 2 aliphatic heterocycles. The normalized spacial score (nSPS) is 28.2. The first-order valence-electron chi connectivity index (χ1n) is 12.0. The Balaban J connectivity index is 1.27. The molecule has 1 aliphatic carbocycles. The maximum atomic E-state index is 13.2. The van der Waals surface area contributed by atoms with Crippen molar-refractivity contribution in [3.05, 3.63) is 34.9 Å². The lowest BCUT2D eigenvalue weighted by Crippen LogP contribution is -2.54. The van der Waals surface area contributed by atoms with Gasteiger partial charge < -0.3 is 10.6 Å². The number of likely N-dealkylation sites (tertiary alicyclic amines) is 1. The number of amides is 4. The molecule has 1 spiro atoms. The van der Waals surface area contributed by atoms with E-state index in [1.807, 2.05) is 24.3 Å². The molecule has 2 heterocycles. The van der Waals surface area contributed by atoms with E-state index in [4.69, 9.17) is 11.6 Å². The van der Waals surface area contributed by atoms with Crippen LogP contribution in [0.25, 0.3) is 0 Å². The van der Waals surface area contributed by atoms with Crippen LogP contribution in [-0.2, 0) is 16.1 Å². The molecule has 180 valence electrons. The van der Waals surface area contributed by atoms with Gasteiger partial charge in [0.15, 0.2) is 0 Å². The van der Waals surface area contributed by atoms with Crippen LogP contribution in [0.2, 0.25) is 5.02 Å². The van der Waals surface area contributed by atoms with Gasteiger partial charge in [-0.3, -0.25) is 19.4 Å². The second-order valence-electron chi connectivity index (χ2n) is 11.0. The maximum absolute atomic E-state index is 13.2. The van der Waals surface area contributed by atoms with Gasteiger partial charge in [0.25, 0.3) is 5.91 Å². The van der Waals surface area contributed by atoms with Crippen LogP contribution in [0.1, 0.15) is 58.4 Å². The van der Waals surface area contributed by atoms with E-state index in [2.05, 4.69) is 36.3 Å². The van der Waals surface area contributed by atoms with Crippen molar-refractivity contribution in [2.24, 2.45) is 11.3 Å². The average molecular weight is 475 g/mol. The van der Waals surface area contributed by atoms with Crippen LogP contribution >= 0.6 is 11.6 Å². The molecule has 0 radical (unpaired) electrons. The highest BCUT2D eigenvalue weighted by atomic mass is 35.5. The van der Waals surface area contributed by atoms with Crippen molar-refractivity contribution in [3.8, 4) is 0 Å². The van der Waals surface area contributed by atoms with E-state index in [9.17, 15) is 14.4 Å². The first-order valence-corrected chi connectivity index (χ1v) is 12.3. The van der Waals surface area contributed by atoms with Gasteiger partial charge in [0.05, 0.1) is 0 Å². The summed E-state index contributed by atoms with van der Waals surface area (Å²) in [5.74, 6) is -0.181. The zero-order chi connectivity index (χ0) is 23.8. The van der Waals surface area contributed by atoms with Crippen LogP contribution in [0.3, 0.4) is 0 Å². The van der Waals surface area contributed by atoms with Crippen LogP contribution in [0, 0.1) is 11.3 Å². The highest BCUT2D eigenvalue weighted by Gasteiger charge is 2.56. The number of hydrogen-bond donors (Lipinski definition) is 2. The summed E-state index contributed by atoms with van der Waals surface area (Å²) in [6, 6.07) is 7.49. The molecule has 2 saturated heterocycles. The smallest absolute Gasteiger partial charge is 0.325 e. The fourth-order valence-corrected chi connectivity index (χ4v) is 6.28. The first kappa shape index (κ1) is 24.0. The van der Waals surface area contributed by atoms with Gasteiger partial charge in [0.2, 0.25) is 5.91 Å². The van der Waals surface area contributed by atoms with Crippen LogP contribution in [0.5, 0.6) is 0 Å². The minimum absolute atomic E-state index is 0.0289. The molecule has 4 amide bonds. The molecule has 4 rings (SSSR count). The third-order valence-corrected chi connectivity index (χ3v) is 7.45. The predicted molar refractivity (Wildman–Crippen MR) is 128 cm³/mol. The molecule has 2 unspecified atom stereocenters. The van der Waals surface area contributed by atoms with Crippen molar-refractivity contribution in [3.63, 3.8) is 0 Å². The number of nitrogens with zero attached hydrogens (tertiary/aromatic N) is 2. The molecule has 33 heavy (non-hydrogen) atoms. The van der Waals surface area contributed by atoms with E-state index in [1.165, 1.54) is 5.56 Å². The summed E-state index contributed by atoms with van der Waals surface area (Å²) < 4.78 is 0. The number of carbonyl (C=O) groups excluding carboxylic acids is 3. The first-order chi connectivity index (χ1) is 15.6. The van der Waals surface area contributed by atoms with E-state index in [-0.39, 0.29) is 29.8 Å². The topological polar surface area (TPSA) is 81.8 Å². The van der Waals surface area contributed by atoms with E-state index in [1.54, 1.807) is 0 Å². The Morgan fingerprint density at radius 3 is 2.45 bits per heavy atom. The van der Waals surface area contributed by atoms with Crippen LogP contribution < -0.4 is 10.6 Å². The summed E-state index contributed by atoms with van der Waals surface area (Å²) in [5.41, 5.74) is 0.319. The monoisotopic (exact) mass is 474 g/mol. The molecule has 1 aromatic rings. The second kappa shape index (κ2) is 9.26. The third kappa shape index (κ3) is 5.52. The lowest BCUT2D eigenvalue weighted by atomic mass is 9.64. The maximum Gasteiger partial charge on any atom is 0.325 e. The molecule has 0 bridgehead atoms. The van der Waals surface area contributed by atoms with Crippen LogP contribution in [0.4, 0.5) is 4.79 Å². The van der Waals surface area contributed by atoms with Gasteiger partial charge in [-0.2, -0.15) is 0 Å². The van der Waals surface area contributed by atoms with E-state index >= 15 is 0 Å². The number of halogens is 1. The van der Waals surface area contributed by atoms with Crippen molar-refractivity contribution in [1.82, 2.24) is 20.4 Å². The number of imide groups is 1. The number of piperidine rings is 1. The molecular weight excluding hydrogens is 440 g/mol.